The number of nitrogens with zero attached hydrogens (tertiary/aromatic N) is 1. The first kappa shape index (κ1) is 18.2. The van der Waals surface area contributed by atoms with Crippen LogP contribution in [0, 0.1) is 5.92 Å². The lowest BCUT2D eigenvalue weighted by Crippen LogP contribution is -2.42. The van der Waals surface area contributed by atoms with Gasteiger partial charge in [-0.25, -0.2) is 12.7 Å². The lowest BCUT2D eigenvalue weighted by Gasteiger charge is -2.33. The molecule has 0 spiro atoms. The fraction of sp³-hybridized carbons (Fsp3) is 0.600. The predicted octanol–water partition coefficient (Wildman–Crippen LogP) is 2.59. The summed E-state index contributed by atoms with van der Waals surface area (Å²) >= 11 is 0. The molecule has 23 heavy (non-hydrogen) atoms. The summed E-state index contributed by atoms with van der Waals surface area (Å²) in [6, 6.07) is 4.48. The van der Waals surface area contributed by atoms with Crippen LogP contribution < -0.4 is 5.73 Å². The summed E-state index contributed by atoms with van der Waals surface area (Å²) in [5.74, 6) is -0.130. The molecule has 1 aromatic rings. The highest BCUT2D eigenvalue weighted by molar-refractivity contribution is 7.88. The van der Waals surface area contributed by atoms with Crippen LogP contribution in [-0.4, -0.2) is 31.9 Å². The van der Waals surface area contributed by atoms with Gasteiger partial charge in [0.25, 0.3) is 0 Å². The Morgan fingerprint density at radius 2 is 1.91 bits per heavy atom. The van der Waals surface area contributed by atoms with Gasteiger partial charge in [0, 0.05) is 19.1 Å². The largest absolute Gasteiger partial charge is 0.416 e. The van der Waals surface area contributed by atoms with E-state index in [0.29, 0.717) is 25.9 Å². The number of hydrogen-bond donors (Lipinski definition) is 1. The Kier molecular flexibility index (Phi) is 5.37. The third-order valence-corrected chi connectivity index (χ3v) is 6.09. The Balaban J connectivity index is 2.08. The van der Waals surface area contributed by atoms with E-state index in [1.165, 1.54) is 16.4 Å². The number of halogens is 3. The van der Waals surface area contributed by atoms with E-state index in [-0.39, 0.29) is 17.5 Å². The van der Waals surface area contributed by atoms with Gasteiger partial charge >= 0.3 is 6.18 Å². The van der Waals surface area contributed by atoms with Crippen molar-refractivity contribution >= 4 is 10.0 Å². The van der Waals surface area contributed by atoms with Gasteiger partial charge in [-0.15, -0.1) is 0 Å². The standard InChI is InChI=1S/C15H21F3N2O2S/c1-11(19)13-5-7-20(8-6-13)23(21,22)10-12-3-2-4-14(9-12)15(16,17)18/h2-4,9,11,13H,5-8,10,19H2,1H3. The van der Waals surface area contributed by atoms with Crippen molar-refractivity contribution in [2.24, 2.45) is 11.7 Å². The van der Waals surface area contributed by atoms with Gasteiger partial charge in [-0.05, 0) is 37.3 Å². The van der Waals surface area contributed by atoms with E-state index in [0.717, 1.165) is 12.1 Å². The Labute approximate surface area is 134 Å². The number of piperidine rings is 1. The van der Waals surface area contributed by atoms with Gasteiger partial charge in [-0.3, -0.25) is 0 Å². The van der Waals surface area contributed by atoms with Crippen LogP contribution in [0.4, 0.5) is 13.2 Å². The SMILES string of the molecule is CC(N)C1CCN(S(=O)(=O)Cc2cccc(C(F)(F)F)c2)CC1. The molecule has 1 aliphatic rings. The Morgan fingerprint density at radius 1 is 1.30 bits per heavy atom. The van der Waals surface area contributed by atoms with Crippen molar-refractivity contribution in [3.8, 4) is 0 Å². The number of hydrogen-bond acceptors (Lipinski definition) is 3. The molecular formula is C15H21F3N2O2S. The number of benzene rings is 1. The average Bonchev–Trinajstić information content (AvgIpc) is 2.46. The van der Waals surface area contributed by atoms with E-state index in [4.69, 9.17) is 5.73 Å². The fourth-order valence-electron chi connectivity index (χ4n) is 2.82. The highest BCUT2D eigenvalue weighted by atomic mass is 32.2. The molecule has 1 aliphatic heterocycles. The molecule has 1 fully saturated rings. The van der Waals surface area contributed by atoms with Crippen LogP contribution in [0.25, 0.3) is 0 Å². The first-order chi connectivity index (χ1) is 10.6. The van der Waals surface area contributed by atoms with Crippen molar-refractivity contribution in [3.05, 3.63) is 35.4 Å². The molecule has 2 rings (SSSR count). The van der Waals surface area contributed by atoms with E-state index >= 15 is 0 Å². The van der Waals surface area contributed by atoms with Crippen LogP contribution >= 0.6 is 0 Å². The number of nitrogens with two attached hydrogens (primary N) is 1. The lowest BCUT2D eigenvalue weighted by molar-refractivity contribution is -0.137. The molecule has 0 bridgehead atoms. The van der Waals surface area contributed by atoms with Crippen molar-refractivity contribution in [2.45, 2.75) is 37.7 Å². The van der Waals surface area contributed by atoms with Crippen molar-refractivity contribution in [1.82, 2.24) is 4.31 Å². The van der Waals surface area contributed by atoms with Crippen LogP contribution in [0.1, 0.15) is 30.9 Å². The minimum absolute atomic E-state index is 0.0170. The molecule has 0 aliphatic carbocycles. The lowest BCUT2D eigenvalue weighted by atomic mass is 9.92. The number of sulfonamides is 1. The topological polar surface area (TPSA) is 63.4 Å². The predicted molar refractivity (Wildman–Crippen MR) is 82.0 cm³/mol. The van der Waals surface area contributed by atoms with Gasteiger partial charge in [0.15, 0.2) is 0 Å². The molecule has 4 nitrogen and oxygen atoms in total. The summed E-state index contributed by atoms with van der Waals surface area (Å²) in [5.41, 5.74) is 5.14. The van der Waals surface area contributed by atoms with Gasteiger partial charge in [0.2, 0.25) is 10.0 Å². The second-order valence-electron chi connectivity index (χ2n) is 6.05. The zero-order valence-corrected chi connectivity index (χ0v) is 13.7. The molecule has 1 saturated heterocycles. The summed E-state index contributed by atoms with van der Waals surface area (Å²) in [7, 11) is -3.62. The normalized spacial score (nSPS) is 19.7. The van der Waals surface area contributed by atoms with Crippen molar-refractivity contribution in [1.29, 1.82) is 0 Å². The molecular weight excluding hydrogens is 329 g/mol. The average molecular weight is 350 g/mol. The molecule has 0 radical (unpaired) electrons. The minimum Gasteiger partial charge on any atom is -0.328 e. The number of rotatable bonds is 4. The summed E-state index contributed by atoms with van der Waals surface area (Å²) in [4.78, 5) is 0. The third-order valence-electron chi connectivity index (χ3n) is 4.24. The number of alkyl halides is 3. The molecule has 1 heterocycles. The monoisotopic (exact) mass is 350 g/mol. The van der Waals surface area contributed by atoms with Gasteiger partial charge in [-0.2, -0.15) is 13.2 Å². The quantitative estimate of drug-likeness (QED) is 0.908. The zero-order chi connectivity index (χ0) is 17.3. The molecule has 130 valence electrons. The first-order valence-corrected chi connectivity index (χ1v) is 9.10. The van der Waals surface area contributed by atoms with Crippen LogP contribution in [0.15, 0.2) is 24.3 Å². The van der Waals surface area contributed by atoms with Crippen molar-refractivity contribution in [3.63, 3.8) is 0 Å². The molecule has 0 saturated carbocycles. The Bertz CT molecular complexity index is 636. The van der Waals surface area contributed by atoms with Crippen LogP contribution in [0.2, 0.25) is 0 Å². The van der Waals surface area contributed by atoms with Crippen LogP contribution in [0.5, 0.6) is 0 Å². The van der Waals surface area contributed by atoms with E-state index < -0.39 is 27.5 Å². The van der Waals surface area contributed by atoms with Gasteiger partial charge in [-0.1, -0.05) is 18.2 Å². The Morgan fingerprint density at radius 3 is 2.43 bits per heavy atom. The highest BCUT2D eigenvalue weighted by Crippen LogP contribution is 2.30. The second kappa shape index (κ2) is 6.78. The van der Waals surface area contributed by atoms with E-state index in [1.807, 2.05) is 6.92 Å². The first-order valence-electron chi connectivity index (χ1n) is 7.49. The van der Waals surface area contributed by atoms with Crippen molar-refractivity contribution in [2.75, 3.05) is 13.1 Å². The molecule has 0 amide bonds. The molecule has 1 atom stereocenters. The second-order valence-corrected chi connectivity index (χ2v) is 8.02. The maximum atomic E-state index is 12.7. The zero-order valence-electron chi connectivity index (χ0n) is 12.9. The summed E-state index contributed by atoms with van der Waals surface area (Å²) in [6.07, 6.45) is -3.12. The highest BCUT2D eigenvalue weighted by Gasteiger charge is 2.32. The fourth-order valence-corrected chi connectivity index (χ4v) is 4.37. The molecule has 2 N–H and O–H groups in total. The maximum absolute atomic E-state index is 12.7. The smallest absolute Gasteiger partial charge is 0.328 e. The minimum atomic E-state index is -4.48. The van der Waals surface area contributed by atoms with Gasteiger partial charge in [0.1, 0.15) is 0 Å². The van der Waals surface area contributed by atoms with Gasteiger partial charge in [0.05, 0.1) is 11.3 Å². The molecule has 1 aromatic carbocycles. The summed E-state index contributed by atoms with van der Waals surface area (Å²) < 4.78 is 64.3. The van der Waals surface area contributed by atoms with Gasteiger partial charge < -0.3 is 5.73 Å². The summed E-state index contributed by atoms with van der Waals surface area (Å²) in [5, 5.41) is 0. The van der Waals surface area contributed by atoms with Crippen LogP contribution in [-0.2, 0) is 22.0 Å². The van der Waals surface area contributed by atoms with Crippen molar-refractivity contribution < 1.29 is 21.6 Å². The van der Waals surface area contributed by atoms with E-state index in [9.17, 15) is 21.6 Å². The third kappa shape index (κ3) is 4.68. The van der Waals surface area contributed by atoms with E-state index in [1.54, 1.807) is 0 Å². The Hall–Kier alpha value is -1.12. The molecule has 1 unspecified atom stereocenters. The maximum Gasteiger partial charge on any atom is 0.416 e. The van der Waals surface area contributed by atoms with E-state index in [2.05, 4.69) is 0 Å². The summed E-state index contributed by atoms with van der Waals surface area (Å²) in [6.45, 7) is 2.64. The molecule has 0 aromatic heterocycles. The molecule has 8 heteroatoms. The van der Waals surface area contributed by atoms with Crippen LogP contribution in [0.3, 0.4) is 0 Å².